The van der Waals surface area contributed by atoms with Gasteiger partial charge in [-0.05, 0) is 49.0 Å². The molecule has 1 aliphatic heterocycles. The predicted octanol–water partition coefficient (Wildman–Crippen LogP) is 3.19. The molecule has 7 heteroatoms. The molecule has 3 N–H and O–H groups in total. The Morgan fingerprint density at radius 3 is 2.54 bits per heavy atom. The Balaban J connectivity index is 1.91. The summed E-state index contributed by atoms with van der Waals surface area (Å²) in [6.45, 7) is 1.86. The number of nitrogens with one attached hydrogen (secondary N) is 3. The molecule has 0 saturated carbocycles. The molecule has 1 amide bonds. The molecule has 0 radical (unpaired) electrons. The zero-order chi connectivity index (χ0) is 20.3. The fourth-order valence-electron chi connectivity index (χ4n) is 3.11. The van der Waals surface area contributed by atoms with Crippen molar-refractivity contribution in [2.75, 3.05) is 31.4 Å². The standard InChI is InChI=1S/C21H24N4O2S/c1-13-18(20(26)23-15-6-5-7-17(12-15)27-4)19(24-21(28)22-13)14-8-10-16(11-9-14)25(2)3/h5-12,19H,1-4H3,(H,23,26)(H2,22,24,28)/t19-/m1/s1. The molecule has 0 saturated heterocycles. The third kappa shape index (κ3) is 4.26. The number of anilines is 2. The topological polar surface area (TPSA) is 65.6 Å². The van der Waals surface area contributed by atoms with Crippen molar-refractivity contribution >= 4 is 34.6 Å². The number of carbonyl (C=O) groups excluding carboxylic acids is 1. The largest absolute Gasteiger partial charge is 0.497 e. The van der Waals surface area contributed by atoms with Crippen molar-refractivity contribution < 1.29 is 9.53 Å². The highest BCUT2D eigenvalue weighted by Gasteiger charge is 2.30. The van der Waals surface area contributed by atoms with Crippen LogP contribution >= 0.6 is 12.2 Å². The van der Waals surface area contributed by atoms with Gasteiger partial charge in [0.1, 0.15) is 5.75 Å². The van der Waals surface area contributed by atoms with E-state index in [4.69, 9.17) is 17.0 Å². The summed E-state index contributed by atoms with van der Waals surface area (Å²) in [5, 5.41) is 9.72. The van der Waals surface area contributed by atoms with Crippen molar-refractivity contribution in [1.82, 2.24) is 10.6 Å². The predicted molar refractivity (Wildman–Crippen MR) is 117 cm³/mol. The maximum absolute atomic E-state index is 13.1. The van der Waals surface area contributed by atoms with Gasteiger partial charge in [0.05, 0.1) is 18.7 Å². The van der Waals surface area contributed by atoms with E-state index in [2.05, 4.69) is 16.0 Å². The number of nitrogens with zero attached hydrogens (tertiary/aromatic N) is 1. The fourth-order valence-corrected chi connectivity index (χ4v) is 3.38. The minimum atomic E-state index is -0.337. The highest BCUT2D eigenvalue weighted by Crippen LogP contribution is 2.29. The van der Waals surface area contributed by atoms with Crippen LogP contribution in [0.15, 0.2) is 59.8 Å². The highest BCUT2D eigenvalue weighted by molar-refractivity contribution is 7.80. The molecule has 0 aliphatic carbocycles. The minimum Gasteiger partial charge on any atom is -0.497 e. The lowest BCUT2D eigenvalue weighted by Crippen LogP contribution is -2.45. The maximum atomic E-state index is 13.1. The number of methoxy groups -OCH3 is 1. The van der Waals surface area contributed by atoms with Crippen LogP contribution in [0, 0.1) is 0 Å². The molecule has 0 aromatic heterocycles. The Bertz CT molecular complexity index is 922. The quantitative estimate of drug-likeness (QED) is 0.675. The van der Waals surface area contributed by atoms with Gasteiger partial charge < -0.3 is 25.6 Å². The molecule has 2 aromatic rings. The molecule has 1 aliphatic rings. The van der Waals surface area contributed by atoms with Gasteiger partial charge in [-0.25, -0.2) is 0 Å². The SMILES string of the molecule is COc1cccc(NC(=O)C2=C(C)NC(=S)N[C@@H]2c2ccc(N(C)C)cc2)c1. The average Bonchev–Trinajstić information content (AvgIpc) is 2.67. The first kappa shape index (κ1) is 19.7. The van der Waals surface area contributed by atoms with E-state index < -0.39 is 0 Å². The second kappa shape index (κ2) is 8.31. The van der Waals surface area contributed by atoms with Gasteiger partial charge in [0, 0.05) is 37.2 Å². The number of benzene rings is 2. The summed E-state index contributed by atoms with van der Waals surface area (Å²) in [5.74, 6) is 0.482. The van der Waals surface area contributed by atoms with E-state index in [0.717, 1.165) is 16.9 Å². The molecular formula is C21H24N4O2S. The lowest BCUT2D eigenvalue weighted by atomic mass is 9.94. The van der Waals surface area contributed by atoms with Crippen LogP contribution < -0.4 is 25.6 Å². The third-order valence-corrected chi connectivity index (χ3v) is 4.80. The summed E-state index contributed by atoms with van der Waals surface area (Å²) < 4.78 is 5.23. The van der Waals surface area contributed by atoms with Crippen molar-refractivity contribution in [2.45, 2.75) is 13.0 Å². The van der Waals surface area contributed by atoms with Crippen LogP contribution in [-0.4, -0.2) is 32.2 Å². The number of rotatable bonds is 5. The van der Waals surface area contributed by atoms with Gasteiger partial charge in [0.2, 0.25) is 0 Å². The number of amides is 1. The van der Waals surface area contributed by atoms with Gasteiger partial charge in [-0.15, -0.1) is 0 Å². The first-order chi connectivity index (χ1) is 13.4. The van der Waals surface area contributed by atoms with Crippen LogP contribution in [-0.2, 0) is 4.79 Å². The second-order valence-electron chi connectivity index (χ2n) is 6.74. The van der Waals surface area contributed by atoms with Gasteiger partial charge in [-0.3, -0.25) is 4.79 Å². The van der Waals surface area contributed by atoms with E-state index in [9.17, 15) is 4.79 Å². The van der Waals surface area contributed by atoms with Crippen molar-refractivity contribution in [2.24, 2.45) is 0 Å². The number of thiocarbonyl (C=S) groups is 1. The Morgan fingerprint density at radius 1 is 1.18 bits per heavy atom. The number of hydrogen-bond acceptors (Lipinski definition) is 4. The molecular weight excluding hydrogens is 372 g/mol. The zero-order valence-electron chi connectivity index (χ0n) is 16.4. The van der Waals surface area contributed by atoms with Crippen LogP contribution in [0.4, 0.5) is 11.4 Å². The molecule has 2 aromatic carbocycles. The fraction of sp³-hybridized carbons (Fsp3) is 0.238. The summed E-state index contributed by atoms with van der Waals surface area (Å²) in [6.07, 6.45) is 0. The lowest BCUT2D eigenvalue weighted by molar-refractivity contribution is -0.113. The van der Waals surface area contributed by atoms with Crippen LogP contribution in [0.1, 0.15) is 18.5 Å². The highest BCUT2D eigenvalue weighted by atomic mass is 32.1. The maximum Gasteiger partial charge on any atom is 0.255 e. The molecule has 0 spiro atoms. The number of allylic oxidation sites excluding steroid dienone is 1. The second-order valence-corrected chi connectivity index (χ2v) is 7.15. The Morgan fingerprint density at radius 2 is 1.89 bits per heavy atom. The Hall–Kier alpha value is -3.06. The molecule has 1 heterocycles. The van der Waals surface area contributed by atoms with Crippen LogP contribution in [0.2, 0.25) is 0 Å². The zero-order valence-corrected chi connectivity index (χ0v) is 17.2. The monoisotopic (exact) mass is 396 g/mol. The van der Waals surface area contributed by atoms with Crippen molar-refractivity contribution in [3.63, 3.8) is 0 Å². The third-order valence-electron chi connectivity index (χ3n) is 4.58. The molecule has 0 bridgehead atoms. The Labute approximate surface area is 170 Å². The van der Waals surface area contributed by atoms with Gasteiger partial charge >= 0.3 is 0 Å². The summed E-state index contributed by atoms with van der Waals surface area (Å²) >= 11 is 5.32. The van der Waals surface area contributed by atoms with E-state index in [0.29, 0.717) is 22.1 Å². The van der Waals surface area contributed by atoms with E-state index in [-0.39, 0.29) is 11.9 Å². The summed E-state index contributed by atoms with van der Waals surface area (Å²) in [5.41, 5.74) is 4.03. The van der Waals surface area contributed by atoms with Crippen LogP contribution in [0.5, 0.6) is 5.75 Å². The number of ether oxygens (including phenoxy) is 1. The van der Waals surface area contributed by atoms with Crippen LogP contribution in [0.3, 0.4) is 0 Å². The molecule has 28 heavy (non-hydrogen) atoms. The van der Waals surface area contributed by atoms with E-state index in [1.165, 1.54) is 0 Å². The lowest BCUT2D eigenvalue weighted by Gasteiger charge is -2.30. The first-order valence-corrected chi connectivity index (χ1v) is 9.31. The summed E-state index contributed by atoms with van der Waals surface area (Å²) in [7, 11) is 5.57. The minimum absolute atomic E-state index is 0.199. The van der Waals surface area contributed by atoms with Crippen LogP contribution in [0.25, 0.3) is 0 Å². The van der Waals surface area contributed by atoms with Gasteiger partial charge in [0.15, 0.2) is 5.11 Å². The van der Waals surface area contributed by atoms with Gasteiger partial charge in [-0.1, -0.05) is 18.2 Å². The molecule has 3 rings (SSSR count). The molecule has 1 atom stereocenters. The molecule has 6 nitrogen and oxygen atoms in total. The molecule has 0 unspecified atom stereocenters. The van der Waals surface area contributed by atoms with E-state index in [1.807, 2.05) is 68.4 Å². The van der Waals surface area contributed by atoms with Gasteiger partial charge in [0.25, 0.3) is 5.91 Å². The Kier molecular flexibility index (Phi) is 5.84. The number of hydrogen-bond donors (Lipinski definition) is 3. The average molecular weight is 397 g/mol. The normalized spacial score (nSPS) is 16.1. The van der Waals surface area contributed by atoms with Gasteiger partial charge in [-0.2, -0.15) is 0 Å². The van der Waals surface area contributed by atoms with Crippen molar-refractivity contribution in [3.05, 3.63) is 65.4 Å². The summed E-state index contributed by atoms with van der Waals surface area (Å²) in [6, 6.07) is 15.0. The molecule has 0 fully saturated rings. The van der Waals surface area contributed by atoms with Crippen molar-refractivity contribution in [3.8, 4) is 5.75 Å². The van der Waals surface area contributed by atoms with Crippen molar-refractivity contribution in [1.29, 1.82) is 0 Å². The number of carbonyl (C=O) groups is 1. The first-order valence-electron chi connectivity index (χ1n) is 8.90. The molecule has 146 valence electrons. The van der Waals surface area contributed by atoms with E-state index >= 15 is 0 Å². The summed E-state index contributed by atoms with van der Waals surface area (Å²) in [4.78, 5) is 15.1. The van der Waals surface area contributed by atoms with E-state index in [1.54, 1.807) is 13.2 Å². The smallest absolute Gasteiger partial charge is 0.255 e.